The molecule has 0 aromatic heterocycles. The summed E-state index contributed by atoms with van der Waals surface area (Å²) in [5.41, 5.74) is 1.24. The summed E-state index contributed by atoms with van der Waals surface area (Å²) in [5, 5.41) is 16.5. The number of amides is 1. The Kier molecular flexibility index (Phi) is 3.63. The zero-order valence-electron chi connectivity index (χ0n) is 11.4. The van der Waals surface area contributed by atoms with Gasteiger partial charge in [-0.2, -0.15) is 0 Å². The molecule has 0 aliphatic carbocycles. The van der Waals surface area contributed by atoms with E-state index in [9.17, 15) is 9.90 Å². The van der Waals surface area contributed by atoms with E-state index in [1.807, 2.05) is 24.3 Å². The summed E-state index contributed by atoms with van der Waals surface area (Å²) in [6.07, 6.45) is 1.15. The van der Waals surface area contributed by atoms with E-state index in [4.69, 9.17) is 4.74 Å². The lowest BCUT2D eigenvalue weighted by atomic mass is 9.93. The molecule has 0 saturated carbocycles. The third-order valence-electron chi connectivity index (χ3n) is 4.16. The monoisotopic (exact) mass is 276 g/mol. The van der Waals surface area contributed by atoms with E-state index < -0.39 is 5.60 Å². The van der Waals surface area contributed by atoms with E-state index in [0.29, 0.717) is 39.1 Å². The van der Waals surface area contributed by atoms with Crippen molar-refractivity contribution in [3.63, 3.8) is 0 Å². The molecule has 1 saturated heterocycles. The fourth-order valence-corrected chi connectivity index (χ4v) is 2.82. The predicted octanol–water partition coefficient (Wildman–Crippen LogP) is 0.853. The number of anilines is 1. The van der Waals surface area contributed by atoms with Gasteiger partial charge in [-0.05, 0) is 11.6 Å². The highest BCUT2D eigenvalue weighted by atomic mass is 16.5. The quantitative estimate of drug-likeness (QED) is 0.765. The van der Waals surface area contributed by atoms with Crippen molar-refractivity contribution >= 4 is 11.6 Å². The average molecular weight is 276 g/mol. The fraction of sp³-hybridized carbons (Fsp3) is 0.533. The highest BCUT2D eigenvalue weighted by Gasteiger charge is 2.33. The molecule has 1 aromatic carbocycles. The number of carbonyl (C=O) groups excluding carboxylic acids is 1. The van der Waals surface area contributed by atoms with Crippen LogP contribution < -0.4 is 10.6 Å². The second-order valence-electron chi connectivity index (χ2n) is 5.58. The number of nitrogens with one attached hydrogen (secondary N) is 2. The molecule has 20 heavy (non-hydrogen) atoms. The van der Waals surface area contributed by atoms with Crippen LogP contribution in [0, 0.1) is 0 Å². The second kappa shape index (κ2) is 5.42. The molecule has 0 radical (unpaired) electrons. The molecule has 1 fully saturated rings. The van der Waals surface area contributed by atoms with Gasteiger partial charge in [0, 0.05) is 44.8 Å². The molecule has 0 spiro atoms. The topological polar surface area (TPSA) is 70.6 Å². The first kappa shape index (κ1) is 13.4. The Labute approximate surface area is 118 Å². The number of hydrogen-bond donors (Lipinski definition) is 3. The summed E-state index contributed by atoms with van der Waals surface area (Å²) in [6, 6.07) is 7.85. The first-order valence-electron chi connectivity index (χ1n) is 7.09. The van der Waals surface area contributed by atoms with Gasteiger partial charge in [0.05, 0.1) is 11.5 Å². The van der Waals surface area contributed by atoms with Gasteiger partial charge in [0.2, 0.25) is 5.91 Å². The summed E-state index contributed by atoms with van der Waals surface area (Å²) in [5.74, 6) is -0.197. The van der Waals surface area contributed by atoms with E-state index in [1.54, 1.807) is 0 Å². The van der Waals surface area contributed by atoms with Crippen LogP contribution in [-0.4, -0.2) is 42.9 Å². The lowest BCUT2D eigenvalue weighted by molar-refractivity contribution is -0.125. The van der Waals surface area contributed by atoms with Gasteiger partial charge < -0.3 is 20.5 Å². The van der Waals surface area contributed by atoms with Gasteiger partial charge >= 0.3 is 0 Å². The van der Waals surface area contributed by atoms with Crippen molar-refractivity contribution in [3.8, 4) is 0 Å². The van der Waals surface area contributed by atoms with Gasteiger partial charge in [-0.25, -0.2) is 0 Å². The first-order valence-corrected chi connectivity index (χ1v) is 7.09. The number of carbonyl (C=O) groups is 1. The minimum atomic E-state index is -0.820. The zero-order valence-corrected chi connectivity index (χ0v) is 11.4. The maximum Gasteiger partial charge on any atom is 0.229 e. The van der Waals surface area contributed by atoms with Gasteiger partial charge in [-0.15, -0.1) is 0 Å². The SMILES string of the molecule is O=C(NCC1(O)CCOCC1)C1CNc2ccccc21. The van der Waals surface area contributed by atoms with Crippen LogP contribution in [0.3, 0.4) is 0 Å². The Morgan fingerprint density at radius 1 is 1.40 bits per heavy atom. The van der Waals surface area contributed by atoms with Crippen molar-refractivity contribution in [1.29, 1.82) is 0 Å². The number of ether oxygens (including phenoxy) is 1. The lowest BCUT2D eigenvalue weighted by Crippen LogP contribution is -2.47. The van der Waals surface area contributed by atoms with E-state index in [-0.39, 0.29) is 11.8 Å². The summed E-state index contributed by atoms with van der Waals surface area (Å²) >= 11 is 0. The third kappa shape index (κ3) is 2.64. The molecule has 2 aliphatic heterocycles. The molecule has 3 N–H and O–H groups in total. The van der Waals surface area contributed by atoms with Crippen molar-refractivity contribution in [2.24, 2.45) is 0 Å². The second-order valence-corrected chi connectivity index (χ2v) is 5.58. The minimum Gasteiger partial charge on any atom is -0.388 e. The molecular formula is C15H20N2O3. The van der Waals surface area contributed by atoms with Crippen molar-refractivity contribution in [2.75, 3.05) is 31.6 Å². The smallest absolute Gasteiger partial charge is 0.229 e. The third-order valence-corrected chi connectivity index (χ3v) is 4.16. The Bertz CT molecular complexity index is 498. The zero-order chi connectivity index (χ0) is 14.0. The van der Waals surface area contributed by atoms with Gasteiger partial charge in [0.25, 0.3) is 0 Å². The first-order chi connectivity index (χ1) is 9.68. The van der Waals surface area contributed by atoms with Crippen LogP contribution in [0.5, 0.6) is 0 Å². The number of hydrogen-bond acceptors (Lipinski definition) is 4. The number of para-hydroxylation sites is 1. The molecule has 2 heterocycles. The van der Waals surface area contributed by atoms with Gasteiger partial charge in [-0.1, -0.05) is 18.2 Å². The maximum atomic E-state index is 12.3. The molecule has 108 valence electrons. The summed E-state index contributed by atoms with van der Waals surface area (Å²) in [7, 11) is 0. The minimum absolute atomic E-state index is 0.0256. The fourth-order valence-electron chi connectivity index (χ4n) is 2.82. The van der Waals surface area contributed by atoms with Crippen molar-refractivity contribution in [1.82, 2.24) is 5.32 Å². The molecular weight excluding hydrogens is 256 g/mol. The predicted molar refractivity (Wildman–Crippen MR) is 75.7 cm³/mol. The van der Waals surface area contributed by atoms with Crippen molar-refractivity contribution < 1.29 is 14.6 Å². The molecule has 3 rings (SSSR count). The molecule has 2 aliphatic rings. The van der Waals surface area contributed by atoms with E-state index in [1.165, 1.54) is 0 Å². The van der Waals surface area contributed by atoms with Crippen molar-refractivity contribution in [3.05, 3.63) is 29.8 Å². The van der Waals surface area contributed by atoms with Crippen LogP contribution >= 0.6 is 0 Å². The van der Waals surface area contributed by atoms with Crippen LogP contribution in [0.1, 0.15) is 24.3 Å². The average Bonchev–Trinajstić information content (AvgIpc) is 2.90. The Balaban J connectivity index is 1.60. The van der Waals surface area contributed by atoms with E-state index in [2.05, 4.69) is 10.6 Å². The Hall–Kier alpha value is -1.59. The molecule has 1 amide bonds. The highest BCUT2D eigenvalue weighted by molar-refractivity contribution is 5.88. The standard InChI is InChI=1S/C15H20N2O3/c18-14(17-10-15(19)5-7-20-8-6-15)12-9-16-13-4-2-1-3-11(12)13/h1-4,12,16,19H,5-10H2,(H,17,18). The summed E-state index contributed by atoms with van der Waals surface area (Å²) < 4.78 is 5.24. The maximum absolute atomic E-state index is 12.3. The number of rotatable bonds is 3. The number of benzene rings is 1. The number of aliphatic hydroxyl groups is 1. The van der Waals surface area contributed by atoms with E-state index in [0.717, 1.165) is 11.3 Å². The van der Waals surface area contributed by atoms with Crippen LogP contribution in [-0.2, 0) is 9.53 Å². The molecule has 0 bridgehead atoms. The Morgan fingerprint density at radius 2 is 2.15 bits per heavy atom. The molecule has 1 unspecified atom stereocenters. The highest BCUT2D eigenvalue weighted by Crippen LogP contribution is 2.31. The Morgan fingerprint density at radius 3 is 2.95 bits per heavy atom. The van der Waals surface area contributed by atoms with Gasteiger partial charge in [0.15, 0.2) is 0 Å². The van der Waals surface area contributed by atoms with Crippen molar-refractivity contribution in [2.45, 2.75) is 24.4 Å². The normalized spacial score (nSPS) is 23.8. The lowest BCUT2D eigenvalue weighted by Gasteiger charge is -2.32. The van der Waals surface area contributed by atoms with Crippen LogP contribution in [0.15, 0.2) is 24.3 Å². The van der Waals surface area contributed by atoms with Crippen LogP contribution in [0.2, 0.25) is 0 Å². The largest absolute Gasteiger partial charge is 0.388 e. The molecule has 5 heteroatoms. The van der Waals surface area contributed by atoms with Crippen LogP contribution in [0.25, 0.3) is 0 Å². The van der Waals surface area contributed by atoms with Crippen LogP contribution in [0.4, 0.5) is 5.69 Å². The molecule has 1 aromatic rings. The van der Waals surface area contributed by atoms with Gasteiger partial charge in [-0.3, -0.25) is 4.79 Å². The number of fused-ring (bicyclic) bond motifs is 1. The summed E-state index contributed by atoms with van der Waals surface area (Å²) in [6.45, 7) is 2.03. The molecule has 1 atom stereocenters. The summed E-state index contributed by atoms with van der Waals surface area (Å²) in [4.78, 5) is 12.3. The molecule has 5 nitrogen and oxygen atoms in total. The van der Waals surface area contributed by atoms with Gasteiger partial charge in [0.1, 0.15) is 0 Å². The van der Waals surface area contributed by atoms with E-state index >= 15 is 0 Å².